The first kappa shape index (κ1) is 57.3. The van der Waals surface area contributed by atoms with Gasteiger partial charge in [-0.2, -0.15) is 0 Å². The molecular weight excluding hydrogens is 1150 g/mol. The average molecular weight is 1200 g/mol. The molecule has 8 aromatic rings. The van der Waals surface area contributed by atoms with Gasteiger partial charge in [-0.25, -0.2) is 34.9 Å². The van der Waals surface area contributed by atoms with Gasteiger partial charge in [0.05, 0.1) is 47.6 Å². The van der Waals surface area contributed by atoms with Crippen LogP contribution in [-0.4, -0.2) is 107 Å². The number of fused-ring (bicyclic) bond motifs is 14. The van der Waals surface area contributed by atoms with Gasteiger partial charge in [0.25, 0.3) is 11.8 Å². The molecule has 4 atom stereocenters. The molecule has 80 heavy (non-hydrogen) atoms. The zero-order chi connectivity index (χ0) is 56.8. The number of ether oxygens (including phenoxy) is 1. The molecule has 7 N–H and O–H groups in total. The number of amides is 5. The Morgan fingerprint density at radius 1 is 0.725 bits per heavy atom. The lowest BCUT2D eigenvalue weighted by Gasteiger charge is -2.23. The lowest BCUT2D eigenvalue weighted by Crippen LogP contribution is -2.40. The maximum atomic E-state index is 14.3. The minimum atomic E-state index is -1.28. The number of anilines is 1. The predicted octanol–water partition coefficient (Wildman–Crippen LogP) is 8.00. The number of rotatable bonds is 12. The molecule has 0 saturated heterocycles. The third-order valence-corrected chi connectivity index (χ3v) is 18.2. The van der Waals surface area contributed by atoms with Gasteiger partial charge in [0.15, 0.2) is 5.78 Å². The number of methoxy groups -OCH3 is 1. The van der Waals surface area contributed by atoms with Crippen molar-refractivity contribution in [3.63, 3.8) is 0 Å². The van der Waals surface area contributed by atoms with Gasteiger partial charge in [0.1, 0.15) is 77.2 Å². The molecule has 0 saturated carbocycles. The molecule has 1 unspecified atom stereocenters. The van der Waals surface area contributed by atoms with Crippen molar-refractivity contribution in [2.24, 2.45) is 5.92 Å². The summed E-state index contributed by atoms with van der Waals surface area (Å²) in [6.45, 7) is 5.14. The Morgan fingerprint density at radius 2 is 1.44 bits per heavy atom. The number of nitrogens with one attached hydrogen (secondary N) is 5. The first-order valence-corrected chi connectivity index (χ1v) is 29.8. The summed E-state index contributed by atoms with van der Waals surface area (Å²) in [5.41, 5.74) is 2.76. The number of benzene rings is 1. The largest absolute Gasteiger partial charge is 0.481 e. The standard InChI is InChI=1S/C52H50N12O10S6/c1-23(2)27-15-33(65)40-24(3)79-51(63-40)29(16-37(67)53-4)56-45(72)31-20-75-47(58-31)26-11-12-28(49-61-35(22-78-49)60-36(66)13-14-39(69)70)55-41(26)30-19-76-50(57-30)32-21-77-52(59-32)43(44(71)25-9-7-6-8-10-25)62-38(68)17-54-46(73)42-34(18-74-5)80-48(27)64-42/h6-12,19-23,27,29,43-44,71H,13-18H2,1-5H3,(H,53,67)(H,54,73)(H,56,72)(H,60,66)(H,62,68)(H,69,70)/t27?,29-,43-,44-/m0/s1. The van der Waals surface area contributed by atoms with Gasteiger partial charge < -0.3 is 41.5 Å². The van der Waals surface area contributed by atoms with E-state index in [4.69, 9.17) is 39.7 Å². The van der Waals surface area contributed by atoms with Crippen LogP contribution in [0.2, 0.25) is 0 Å². The number of thiazole rings is 6. The number of aryl methyl sites for hydroxylation is 1. The third kappa shape index (κ3) is 13.2. The second-order valence-electron chi connectivity index (χ2n) is 18.4. The number of carbonyl (C=O) groups excluding carboxylic acids is 6. The van der Waals surface area contributed by atoms with Gasteiger partial charge in [-0.15, -0.1) is 68.0 Å². The minimum Gasteiger partial charge on any atom is -0.481 e. The smallest absolute Gasteiger partial charge is 0.303 e. The molecule has 0 spiro atoms. The topological polar surface area (TPSA) is 320 Å². The molecule has 5 amide bonds. The fraction of sp³-hybridized carbons (Fsp3) is 0.308. The SMILES string of the molecule is CNC(=O)C[C@@H]1NC(=O)c2csc(n2)-c2ccc(-c3nc(NC(=O)CCC(=O)O)cs3)nc2-c2csc(n2)-c2csc(n2)[C@H]([C@@H](O)c2ccccc2)NC(=O)CNC(=O)c2nc(sc2COC)C(C(C)C)CC(=O)c2nc1sc2C. The molecule has 28 heteroatoms. The molecule has 1 aliphatic heterocycles. The Kier molecular flexibility index (Phi) is 18.1. The van der Waals surface area contributed by atoms with E-state index >= 15 is 0 Å². The van der Waals surface area contributed by atoms with Crippen LogP contribution in [0.15, 0.2) is 64.0 Å². The number of hydrogen-bond donors (Lipinski definition) is 7. The highest BCUT2D eigenvalue weighted by atomic mass is 32.1. The monoisotopic (exact) mass is 1190 g/mol. The summed E-state index contributed by atoms with van der Waals surface area (Å²) in [4.78, 5) is 128. The molecule has 7 aromatic heterocycles. The van der Waals surface area contributed by atoms with Crippen molar-refractivity contribution in [3.05, 3.63) is 111 Å². The summed E-state index contributed by atoms with van der Waals surface area (Å²) in [5.74, 6) is -4.64. The fourth-order valence-electron chi connectivity index (χ4n) is 8.32. The third-order valence-electron chi connectivity index (χ3n) is 12.4. The van der Waals surface area contributed by atoms with E-state index in [2.05, 4.69) is 31.6 Å². The van der Waals surface area contributed by atoms with Gasteiger partial charge in [-0.3, -0.25) is 33.6 Å². The average Bonchev–Trinajstić information content (AvgIpc) is 4.33. The van der Waals surface area contributed by atoms with Crippen molar-refractivity contribution in [2.75, 3.05) is 26.0 Å². The lowest BCUT2D eigenvalue weighted by atomic mass is 9.90. The second-order valence-corrected chi connectivity index (χ2v) is 24.2. The van der Waals surface area contributed by atoms with Crippen LogP contribution in [0.1, 0.15) is 125 Å². The number of carboxylic acid groups (broad SMARTS) is 1. The molecule has 0 fully saturated rings. The summed E-state index contributed by atoms with van der Waals surface area (Å²) < 4.78 is 5.46. The van der Waals surface area contributed by atoms with Crippen molar-refractivity contribution in [3.8, 4) is 43.4 Å². The summed E-state index contributed by atoms with van der Waals surface area (Å²) in [5, 5.41) is 43.7. The Labute approximate surface area is 480 Å². The van der Waals surface area contributed by atoms with Crippen molar-refractivity contribution in [1.82, 2.24) is 56.2 Å². The molecule has 9 rings (SSSR count). The number of ketones is 1. The van der Waals surface area contributed by atoms with E-state index in [0.29, 0.717) is 73.7 Å². The van der Waals surface area contributed by atoms with Gasteiger partial charge in [0, 0.05) is 64.9 Å². The number of Topliss-reactive ketones (excluding diaryl/α,β-unsaturated/α-hetero) is 1. The van der Waals surface area contributed by atoms with Gasteiger partial charge in [-0.05, 0) is 30.5 Å². The highest BCUT2D eigenvalue weighted by Crippen LogP contribution is 2.41. The molecule has 414 valence electrons. The van der Waals surface area contributed by atoms with E-state index in [9.17, 15) is 38.7 Å². The number of nitrogens with zero attached hydrogens (tertiary/aromatic N) is 7. The van der Waals surface area contributed by atoms with Crippen LogP contribution >= 0.6 is 68.0 Å². The van der Waals surface area contributed by atoms with Crippen LogP contribution < -0.4 is 26.6 Å². The normalized spacial score (nSPS) is 16.6. The maximum Gasteiger partial charge on any atom is 0.303 e. The van der Waals surface area contributed by atoms with Crippen LogP contribution in [0.3, 0.4) is 0 Å². The van der Waals surface area contributed by atoms with Crippen molar-refractivity contribution < 1.29 is 48.5 Å². The van der Waals surface area contributed by atoms with E-state index in [-0.39, 0.29) is 66.9 Å². The predicted molar refractivity (Wildman–Crippen MR) is 304 cm³/mol. The molecule has 0 aliphatic carbocycles. The summed E-state index contributed by atoms with van der Waals surface area (Å²) in [7, 11) is 2.95. The van der Waals surface area contributed by atoms with Crippen LogP contribution in [0.5, 0.6) is 0 Å². The number of pyridine rings is 1. The zero-order valence-electron chi connectivity index (χ0n) is 43.2. The van der Waals surface area contributed by atoms with E-state index in [1.807, 2.05) is 13.8 Å². The quantitative estimate of drug-likeness (QED) is 0.0609. The number of aliphatic hydroxyl groups is 1. The molecule has 1 aliphatic rings. The highest BCUT2D eigenvalue weighted by Gasteiger charge is 2.33. The zero-order valence-corrected chi connectivity index (χ0v) is 48.1. The van der Waals surface area contributed by atoms with E-state index < -0.39 is 66.2 Å². The van der Waals surface area contributed by atoms with Crippen LogP contribution in [0.25, 0.3) is 43.4 Å². The molecule has 22 nitrogen and oxygen atoms in total. The molecule has 10 bridgehead atoms. The van der Waals surface area contributed by atoms with Crippen LogP contribution in [0, 0.1) is 12.8 Å². The van der Waals surface area contributed by atoms with Gasteiger partial charge >= 0.3 is 5.97 Å². The summed E-state index contributed by atoms with van der Waals surface area (Å²) in [6, 6.07) is 10.2. The lowest BCUT2D eigenvalue weighted by molar-refractivity contribution is -0.138. The van der Waals surface area contributed by atoms with Crippen LogP contribution in [0.4, 0.5) is 5.82 Å². The first-order chi connectivity index (χ1) is 38.5. The van der Waals surface area contributed by atoms with E-state index in [0.717, 1.165) is 11.3 Å². The molecular formula is C52H50N12O10S6. The fourth-order valence-corrected chi connectivity index (χ4v) is 13.9. The van der Waals surface area contributed by atoms with Crippen molar-refractivity contribution >= 4 is 115 Å². The van der Waals surface area contributed by atoms with E-state index in [1.165, 1.54) is 70.8 Å². The number of carbonyl (C=O) groups is 7. The summed E-state index contributed by atoms with van der Waals surface area (Å²) >= 11 is 7.19. The minimum absolute atomic E-state index is 0.0242. The van der Waals surface area contributed by atoms with Crippen molar-refractivity contribution in [2.45, 2.75) is 77.2 Å². The van der Waals surface area contributed by atoms with Crippen LogP contribution in [-0.2, 0) is 30.5 Å². The number of aromatic nitrogens is 7. The van der Waals surface area contributed by atoms with E-state index in [1.54, 1.807) is 70.9 Å². The van der Waals surface area contributed by atoms with Crippen molar-refractivity contribution in [1.29, 1.82) is 0 Å². The Balaban J connectivity index is 1.12. The second kappa shape index (κ2) is 25.3. The Bertz CT molecular complexity index is 3620. The number of carboxylic acids is 1. The maximum absolute atomic E-state index is 14.3. The number of aliphatic hydroxyl groups excluding tert-OH is 1. The molecule has 8 heterocycles. The van der Waals surface area contributed by atoms with Gasteiger partial charge in [0.2, 0.25) is 17.7 Å². The highest BCUT2D eigenvalue weighted by molar-refractivity contribution is 7.15. The Hall–Kier alpha value is -7.44. The summed E-state index contributed by atoms with van der Waals surface area (Å²) in [6.07, 6.45) is -2.11. The molecule has 0 radical (unpaired) electrons. The first-order valence-electron chi connectivity index (χ1n) is 24.6. The number of hydrogen-bond acceptors (Lipinski definition) is 22. The van der Waals surface area contributed by atoms with Gasteiger partial charge in [-0.1, -0.05) is 44.2 Å². The number of aliphatic carboxylic acids is 1. The molecule has 1 aromatic carbocycles. The Morgan fingerprint density at radius 3 is 2.19 bits per heavy atom.